The fourth-order valence-corrected chi connectivity index (χ4v) is 1.65. The van der Waals surface area contributed by atoms with Crippen molar-refractivity contribution >= 4 is 0 Å². The number of hydrogen-bond donors (Lipinski definition) is 0. The van der Waals surface area contributed by atoms with Gasteiger partial charge in [0.25, 0.3) is 5.92 Å². The molecule has 0 saturated heterocycles. The Morgan fingerprint density at radius 2 is 1.93 bits per heavy atom. The molecule has 0 fully saturated rings. The van der Waals surface area contributed by atoms with Crippen molar-refractivity contribution in [2.45, 2.75) is 58.8 Å². The van der Waals surface area contributed by atoms with Crippen LogP contribution in [0.4, 0.5) is 8.78 Å². The quantitative estimate of drug-likeness (QED) is 0.522. The van der Waals surface area contributed by atoms with E-state index in [1.54, 1.807) is 6.92 Å². The largest absolute Gasteiger partial charge is 0.251 e. The molecular weight excluding hydrogens is 182 g/mol. The van der Waals surface area contributed by atoms with Crippen molar-refractivity contribution in [3.05, 3.63) is 12.2 Å². The minimum atomic E-state index is -2.51. The Kier molecular flexibility index (Phi) is 5.98. The maximum absolute atomic E-state index is 13.6. The molecule has 0 rings (SSSR count). The molecule has 0 aromatic carbocycles. The van der Waals surface area contributed by atoms with E-state index in [1.165, 1.54) is 0 Å². The van der Waals surface area contributed by atoms with Gasteiger partial charge in [-0.2, -0.15) is 0 Å². The third-order valence-corrected chi connectivity index (χ3v) is 2.61. The second kappa shape index (κ2) is 6.15. The van der Waals surface area contributed by atoms with Crippen LogP contribution in [0, 0.1) is 5.92 Å². The van der Waals surface area contributed by atoms with Crippen LogP contribution < -0.4 is 0 Å². The lowest BCUT2D eigenvalue weighted by Crippen LogP contribution is -2.27. The molecule has 1 unspecified atom stereocenters. The first-order chi connectivity index (χ1) is 6.44. The summed E-state index contributed by atoms with van der Waals surface area (Å²) >= 11 is 0. The number of hydrogen-bond acceptors (Lipinski definition) is 0. The van der Waals surface area contributed by atoms with Crippen LogP contribution in [0.2, 0.25) is 0 Å². The van der Waals surface area contributed by atoms with Gasteiger partial charge in [-0.05, 0) is 26.2 Å². The van der Waals surface area contributed by atoms with Crippen molar-refractivity contribution in [1.82, 2.24) is 0 Å². The molecule has 0 nitrogen and oxygen atoms in total. The molecule has 0 spiro atoms. The molecule has 0 bridgehead atoms. The maximum Gasteiger partial charge on any atom is 0.251 e. The highest BCUT2D eigenvalue weighted by molar-refractivity contribution is 4.90. The van der Waals surface area contributed by atoms with Crippen molar-refractivity contribution in [3.8, 4) is 0 Å². The lowest BCUT2D eigenvalue weighted by atomic mass is 9.90. The zero-order valence-corrected chi connectivity index (χ0v) is 9.58. The summed E-state index contributed by atoms with van der Waals surface area (Å²) in [6, 6.07) is 0. The number of halogens is 2. The predicted molar refractivity (Wildman–Crippen MR) is 57.7 cm³/mol. The Morgan fingerprint density at radius 3 is 2.29 bits per heavy atom. The van der Waals surface area contributed by atoms with Gasteiger partial charge in [0, 0.05) is 12.3 Å². The van der Waals surface area contributed by atoms with Crippen molar-refractivity contribution < 1.29 is 8.78 Å². The topological polar surface area (TPSA) is 0 Å². The summed E-state index contributed by atoms with van der Waals surface area (Å²) in [5, 5.41) is 0. The van der Waals surface area contributed by atoms with E-state index in [1.807, 2.05) is 13.8 Å². The molecule has 0 radical (unpaired) electrons. The van der Waals surface area contributed by atoms with Crippen molar-refractivity contribution in [1.29, 1.82) is 0 Å². The lowest BCUT2D eigenvalue weighted by Gasteiger charge is -2.25. The van der Waals surface area contributed by atoms with Crippen LogP contribution >= 0.6 is 0 Å². The molecule has 84 valence electrons. The molecule has 14 heavy (non-hydrogen) atoms. The molecule has 0 aliphatic heterocycles. The second-order valence-electron chi connectivity index (χ2n) is 4.11. The molecule has 0 heterocycles. The van der Waals surface area contributed by atoms with Crippen LogP contribution in [0.5, 0.6) is 0 Å². The number of rotatable bonds is 7. The summed E-state index contributed by atoms with van der Waals surface area (Å²) < 4.78 is 27.2. The SMILES string of the molecule is C=C(C)CCC(F)(F)C(CC)CCC. The molecule has 0 aromatic heterocycles. The Labute approximate surface area is 86.4 Å². The van der Waals surface area contributed by atoms with E-state index >= 15 is 0 Å². The van der Waals surface area contributed by atoms with Crippen LogP contribution in [-0.4, -0.2) is 5.92 Å². The van der Waals surface area contributed by atoms with E-state index in [9.17, 15) is 8.78 Å². The van der Waals surface area contributed by atoms with E-state index in [-0.39, 0.29) is 6.42 Å². The van der Waals surface area contributed by atoms with Gasteiger partial charge < -0.3 is 0 Å². The molecular formula is C12H22F2. The summed E-state index contributed by atoms with van der Waals surface area (Å²) in [5.74, 6) is -2.96. The van der Waals surface area contributed by atoms with Gasteiger partial charge in [-0.15, -0.1) is 6.58 Å². The molecule has 0 aromatic rings. The minimum absolute atomic E-state index is 0.0408. The van der Waals surface area contributed by atoms with Crippen molar-refractivity contribution in [3.63, 3.8) is 0 Å². The van der Waals surface area contributed by atoms with Crippen LogP contribution in [0.3, 0.4) is 0 Å². The van der Waals surface area contributed by atoms with Crippen LogP contribution in [0.25, 0.3) is 0 Å². The van der Waals surface area contributed by atoms with Crippen molar-refractivity contribution in [2.24, 2.45) is 5.92 Å². The second-order valence-corrected chi connectivity index (χ2v) is 4.11. The first kappa shape index (κ1) is 13.6. The summed E-state index contributed by atoms with van der Waals surface area (Å²) in [7, 11) is 0. The summed E-state index contributed by atoms with van der Waals surface area (Å²) in [5.41, 5.74) is 0.844. The standard InChI is InChI=1S/C12H22F2/c1-5-7-11(6-2)12(13,14)9-8-10(3)4/h11H,3,5-9H2,1-2,4H3. The first-order valence-electron chi connectivity index (χ1n) is 5.46. The molecule has 0 aliphatic carbocycles. The summed E-state index contributed by atoms with van der Waals surface area (Å²) in [6.45, 7) is 9.26. The zero-order valence-electron chi connectivity index (χ0n) is 9.58. The van der Waals surface area contributed by atoms with Gasteiger partial charge in [0.05, 0.1) is 0 Å². The van der Waals surface area contributed by atoms with Gasteiger partial charge in [-0.1, -0.05) is 25.8 Å². The smallest absolute Gasteiger partial charge is 0.207 e. The summed E-state index contributed by atoms with van der Waals surface area (Å²) in [6.07, 6.45) is 2.42. The Morgan fingerprint density at radius 1 is 1.36 bits per heavy atom. The van der Waals surface area contributed by atoms with E-state index in [0.717, 1.165) is 12.0 Å². The molecule has 0 saturated carbocycles. The van der Waals surface area contributed by atoms with Crippen LogP contribution in [0.15, 0.2) is 12.2 Å². The molecule has 0 amide bonds. The average molecular weight is 204 g/mol. The third-order valence-electron chi connectivity index (χ3n) is 2.61. The Hall–Kier alpha value is -0.400. The van der Waals surface area contributed by atoms with Gasteiger partial charge in [0.1, 0.15) is 0 Å². The normalized spacial score (nSPS) is 14.1. The van der Waals surface area contributed by atoms with Gasteiger partial charge in [0.15, 0.2) is 0 Å². The highest BCUT2D eigenvalue weighted by atomic mass is 19.3. The van der Waals surface area contributed by atoms with Gasteiger partial charge in [0.2, 0.25) is 0 Å². The Balaban J connectivity index is 4.17. The predicted octanol–water partition coefficient (Wildman–Crippen LogP) is 4.80. The molecule has 0 N–H and O–H groups in total. The highest BCUT2D eigenvalue weighted by Gasteiger charge is 2.36. The monoisotopic (exact) mass is 204 g/mol. The van der Waals surface area contributed by atoms with E-state index in [0.29, 0.717) is 19.3 Å². The first-order valence-corrected chi connectivity index (χ1v) is 5.46. The van der Waals surface area contributed by atoms with Crippen molar-refractivity contribution in [2.75, 3.05) is 0 Å². The number of allylic oxidation sites excluding steroid dienone is 1. The van der Waals surface area contributed by atoms with E-state index in [4.69, 9.17) is 0 Å². The van der Waals surface area contributed by atoms with Gasteiger partial charge in [-0.25, -0.2) is 8.78 Å². The van der Waals surface area contributed by atoms with E-state index in [2.05, 4.69) is 6.58 Å². The third kappa shape index (κ3) is 4.73. The minimum Gasteiger partial charge on any atom is -0.207 e. The van der Waals surface area contributed by atoms with Crippen LogP contribution in [0.1, 0.15) is 52.9 Å². The van der Waals surface area contributed by atoms with Crippen LogP contribution in [-0.2, 0) is 0 Å². The zero-order chi connectivity index (χ0) is 11.2. The van der Waals surface area contributed by atoms with Gasteiger partial charge in [-0.3, -0.25) is 0 Å². The maximum atomic E-state index is 13.6. The van der Waals surface area contributed by atoms with Gasteiger partial charge >= 0.3 is 0 Å². The fourth-order valence-electron chi connectivity index (χ4n) is 1.65. The lowest BCUT2D eigenvalue weighted by molar-refractivity contribution is -0.0693. The molecule has 2 heteroatoms. The fraction of sp³-hybridized carbons (Fsp3) is 0.833. The summed E-state index contributed by atoms with van der Waals surface area (Å²) in [4.78, 5) is 0. The van der Waals surface area contributed by atoms with E-state index < -0.39 is 11.8 Å². The average Bonchev–Trinajstić information content (AvgIpc) is 2.11. The molecule has 0 aliphatic rings. The highest BCUT2D eigenvalue weighted by Crippen LogP contribution is 2.35. The molecule has 1 atom stereocenters. The Bertz CT molecular complexity index is 173. The number of alkyl halides is 2.